The van der Waals surface area contributed by atoms with Gasteiger partial charge in [-0.25, -0.2) is 0 Å². The Morgan fingerprint density at radius 2 is 1.80 bits per heavy atom. The van der Waals surface area contributed by atoms with Crippen LogP contribution in [0.25, 0.3) is 0 Å². The first-order valence-electron chi connectivity index (χ1n) is 7.44. The Morgan fingerprint density at radius 1 is 1.05 bits per heavy atom. The fraction of sp³-hybridized carbons (Fsp3) is 0.333. The molecule has 2 unspecified atom stereocenters. The fourth-order valence-electron chi connectivity index (χ4n) is 2.97. The lowest BCUT2D eigenvalue weighted by Gasteiger charge is -2.24. The van der Waals surface area contributed by atoms with Gasteiger partial charge in [0.25, 0.3) is 0 Å². The number of nitrogens with one attached hydrogen (secondary N) is 2. The predicted octanol–water partition coefficient (Wildman–Crippen LogP) is 3.57. The van der Waals surface area contributed by atoms with Crippen LogP contribution in [0.2, 0.25) is 0 Å². The third-order valence-electron chi connectivity index (χ3n) is 4.11. The average molecular weight is 266 g/mol. The molecule has 2 aromatic carbocycles. The highest BCUT2D eigenvalue weighted by Gasteiger charge is 2.19. The Labute approximate surface area is 121 Å². The summed E-state index contributed by atoms with van der Waals surface area (Å²) in [7, 11) is 0. The van der Waals surface area contributed by atoms with Crippen molar-refractivity contribution in [3.05, 3.63) is 71.3 Å². The summed E-state index contributed by atoms with van der Waals surface area (Å²) >= 11 is 0. The van der Waals surface area contributed by atoms with Crippen molar-refractivity contribution in [3.8, 4) is 0 Å². The van der Waals surface area contributed by atoms with Gasteiger partial charge < -0.3 is 10.6 Å². The van der Waals surface area contributed by atoms with E-state index in [-0.39, 0.29) is 0 Å². The topological polar surface area (TPSA) is 24.1 Å². The van der Waals surface area contributed by atoms with Gasteiger partial charge in [-0.2, -0.15) is 0 Å². The highest BCUT2D eigenvalue weighted by Crippen LogP contribution is 2.26. The Balaban J connectivity index is 1.80. The van der Waals surface area contributed by atoms with Gasteiger partial charge in [0.15, 0.2) is 0 Å². The zero-order chi connectivity index (χ0) is 13.8. The van der Waals surface area contributed by atoms with E-state index in [0.717, 1.165) is 19.5 Å². The number of benzene rings is 2. The summed E-state index contributed by atoms with van der Waals surface area (Å²) in [5.41, 5.74) is 4.21. The summed E-state index contributed by atoms with van der Waals surface area (Å²) in [4.78, 5) is 0. The summed E-state index contributed by atoms with van der Waals surface area (Å²) in [6.45, 7) is 4.29. The summed E-state index contributed by atoms with van der Waals surface area (Å²) in [6, 6.07) is 20.2. The molecule has 2 atom stereocenters. The van der Waals surface area contributed by atoms with Crippen molar-refractivity contribution < 1.29 is 0 Å². The van der Waals surface area contributed by atoms with Crippen molar-refractivity contribution in [3.63, 3.8) is 0 Å². The Bertz CT molecular complexity index is 550. The molecule has 0 spiro atoms. The molecule has 0 amide bonds. The van der Waals surface area contributed by atoms with Crippen LogP contribution < -0.4 is 10.6 Å². The number of hydrogen-bond acceptors (Lipinski definition) is 2. The molecule has 1 aliphatic heterocycles. The lowest BCUT2D eigenvalue weighted by atomic mass is 9.97. The number of hydrogen-bond donors (Lipinski definition) is 2. The van der Waals surface area contributed by atoms with Crippen LogP contribution in [-0.4, -0.2) is 6.54 Å². The minimum Gasteiger partial charge on any atom is -0.313 e. The van der Waals surface area contributed by atoms with Gasteiger partial charge in [0.05, 0.1) is 0 Å². The molecule has 0 radical (unpaired) electrons. The van der Waals surface area contributed by atoms with Crippen molar-refractivity contribution in [2.45, 2.75) is 32.0 Å². The standard InChI is InChI=1S/C18H22N2/c1-14(15-7-3-2-4-8-15)20-18-11-12-19-13-16-9-5-6-10-17(16)18/h2-10,14,18-20H,11-13H2,1H3. The van der Waals surface area contributed by atoms with Gasteiger partial charge in [-0.05, 0) is 36.6 Å². The Kier molecular flexibility index (Phi) is 4.14. The van der Waals surface area contributed by atoms with E-state index in [2.05, 4.69) is 72.2 Å². The lowest BCUT2D eigenvalue weighted by Crippen LogP contribution is -2.26. The van der Waals surface area contributed by atoms with Gasteiger partial charge in [-0.1, -0.05) is 54.6 Å². The van der Waals surface area contributed by atoms with Gasteiger partial charge in [0.1, 0.15) is 0 Å². The molecule has 2 heteroatoms. The smallest absolute Gasteiger partial charge is 0.0340 e. The largest absolute Gasteiger partial charge is 0.313 e. The lowest BCUT2D eigenvalue weighted by molar-refractivity contribution is 0.443. The molecule has 104 valence electrons. The van der Waals surface area contributed by atoms with Gasteiger partial charge >= 0.3 is 0 Å². The molecule has 2 aromatic rings. The first-order chi connectivity index (χ1) is 9.84. The molecule has 0 saturated carbocycles. The van der Waals surface area contributed by atoms with Gasteiger partial charge in [-0.3, -0.25) is 0 Å². The van der Waals surface area contributed by atoms with Crippen LogP contribution in [0.3, 0.4) is 0 Å². The van der Waals surface area contributed by atoms with Gasteiger partial charge in [0, 0.05) is 18.6 Å². The fourth-order valence-corrected chi connectivity index (χ4v) is 2.97. The van der Waals surface area contributed by atoms with Crippen LogP contribution in [0.15, 0.2) is 54.6 Å². The van der Waals surface area contributed by atoms with E-state index in [1.165, 1.54) is 16.7 Å². The molecule has 0 saturated heterocycles. The van der Waals surface area contributed by atoms with Crippen LogP contribution in [0.5, 0.6) is 0 Å². The SMILES string of the molecule is CC(NC1CCNCc2ccccc21)c1ccccc1. The van der Waals surface area contributed by atoms with Crippen LogP contribution in [0.4, 0.5) is 0 Å². The maximum atomic E-state index is 3.79. The molecule has 0 aliphatic carbocycles. The van der Waals surface area contributed by atoms with Crippen molar-refractivity contribution in [2.75, 3.05) is 6.54 Å². The zero-order valence-electron chi connectivity index (χ0n) is 12.0. The molecular formula is C18H22N2. The summed E-state index contributed by atoms with van der Waals surface area (Å²) < 4.78 is 0. The number of fused-ring (bicyclic) bond motifs is 1. The number of rotatable bonds is 3. The Morgan fingerprint density at radius 3 is 2.65 bits per heavy atom. The summed E-state index contributed by atoms with van der Waals surface area (Å²) in [5, 5.41) is 7.30. The second-order valence-electron chi connectivity index (χ2n) is 5.52. The maximum absolute atomic E-state index is 3.79. The first kappa shape index (κ1) is 13.3. The quantitative estimate of drug-likeness (QED) is 0.887. The monoisotopic (exact) mass is 266 g/mol. The average Bonchev–Trinajstić information content (AvgIpc) is 2.71. The highest BCUT2D eigenvalue weighted by molar-refractivity contribution is 5.31. The second-order valence-corrected chi connectivity index (χ2v) is 5.52. The molecule has 1 heterocycles. The maximum Gasteiger partial charge on any atom is 0.0340 e. The van der Waals surface area contributed by atoms with E-state index >= 15 is 0 Å². The van der Waals surface area contributed by atoms with E-state index in [9.17, 15) is 0 Å². The van der Waals surface area contributed by atoms with Crippen molar-refractivity contribution >= 4 is 0 Å². The van der Waals surface area contributed by atoms with Crippen LogP contribution in [-0.2, 0) is 6.54 Å². The van der Waals surface area contributed by atoms with E-state index in [0.29, 0.717) is 12.1 Å². The molecule has 2 nitrogen and oxygen atoms in total. The minimum absolute atomic E-state index is 0.368. The van der Waals surface area contributed by atoms with Crippen molar-refractivity contribution in [2.24, 2.45) is 0 Å². The van der Waals surface area contributed by atoms with Crippen LogP contribution >= 0.6 is 0 Å². The normalized spacial score (nSPS) is 19.9. The third kappa shape index (κ3) is 2.92. The van der Waals surface area contributed by atoms with Crippen LogP contribution in [0.1, 0.15) is 42.1 Å². The summed E-state index contributed by atoms with van der Waals surface area (Å²) in [5.74, 6) is 0. The minimum atomic E-state index is 0.368. The third-order valence-corrected chi connectivity index (χ3v) is 4.11. The van der Waals surface area contributed by atoms with Gasteiger partial charge in [0.2, 0.25) is 0 Å². The molecule has 1 aliphatic rings. The second kappa shape index (κ2) is 6.21. The van der Waals surface area contributed by atoms with Crippen molar-refractivity contribution in [1.82, 2.24) is 10.6 Å². The Hall–Kier alpha value is -1.64. The first-order valence-corrected chi connectivity index (χ1v) is 7.44. The molecule has 2 N–H and O–H groups in total. The zero-order valence-corrected chi connectivity index (χ0v) is 12.0. The van der Waals surface area contributed by atoms with E-state index in [1.807, 2.05) is 0 Å². The highest BCUT2D eigenvalue weighted by atomic mass is 15.0. The molecular weight excluding hydrogens is 244 g/mol. The van der Waals surface area contributed by atoms with Gasteiger partial charge in [-0.15, -0.1) is 0 Å². The molecule has 0 fully saturated rings. The molecule has 0 bridgehead atoms. The summed E-state index contributed by atoms with van der Waals surface area (Å²) in [6.07, 6.45) is 1.13. The van der Waals surface area contributed by atoms with E-state index in [4.69, 9.17) is 0 Å². The van der Waals surface area contributed by atoms with E-state index in [1.54, 1.807) is 0 Å². The predicted molar refractivity (Wildman–Crippen MR) is 83.5 cm³/mol. The van der Waals surface area contributed by atoms with Crippen molar-refractivity contribution in [1.29, 1.82) is 0 Å². The molecule has 0 aromatic heterocycles. The molecule has 3 rings (SSSR count). The molecule has 20 heavy (non-hydrogen) atoms. The van der Waals surface area contributed by atoms with Crippen LogP contribution in [0, 0.1) is 0 Å². The van der Waals surface area contributed by atoms with E-state index < -0.39 is 0 Å².